The number of aryl methyl sites for hydroxylation is 1. The van der Waals surface area contributed by atoms with Crippen LogP contribution < -0.4 is 5.32 Å². The van der Waals surface area contributed by atoms with E-state index in [1.54, 1.807) is 12.1 Å². The summed E-state index contributed by atoms with van der Waals surface area (Å²) in [4.78, 5) is 12.4. The number of nitrogens with one attached hydrogen (secondary N) is 1. The van der Waals surface area contributed by atoms with Gasteiger partial charge in [0.25, 0.3) is 12.3 Å². The quantitative estimate of drug-likeness (QED) is 0.890. The van der Waals surface area contributed by atoms with E-state index in [-0.39, 0.29) is 5.56 Å². The maximum Gasteiger partial charge on any atom is 0.282 e. The van der Waals surface area contributed by atoms with Crippen molar-refractivity contribution in [2.75, 3.05) is 0 Å². The smallest absolute Gasteiger partial charge is 0.282 e. The first kappa shape index (κ1) is 16.6. The second-order valence-corrected chi connectivity index (χ2v) is 6.11. The van der Waals surface area contributed by atoms with Gasteiger partial charge < -0.3 is 5.32 Å². The highest BCUT2D eigenvalue weighted by Gasteiger charge is 2.25. The minimum atomic E-state index is -2.79. The third kappa shape index (κ3) is 3.33. The Bertz CT molecular complexity index is 797. The molecule has 1 heterocycles. The number of hydrogen-bond acceptors (Lipinski definition) is 2. The van der Waals surface area contributed by atoms with Crippen LogP contribution in [0, 0.1) is 0 Å². The molecule has 0 fully saturated rings. The molecule has 3 rings (SSSR count). The van der Waals surface area contributed by atoms with Crippen molar-refractivity contribution < 1.29 is 13.6 Å². The molecule has 4 nitrogen and oxygen atoms in total. The highest BCUT2D eigenvalue weighted by Crippen LogP contribution is 2.33. The van der Waals surface area contributed by atoms with Gasteiger partial charge in [0.2, 0.25) is 0 Å². The summed E-state index contributed by atoms with van der Waals surface area (Å²) in [5.41, 5.74) is 2.17. The second kappa shape index (κ2) is 6.73. The summed E-state index contributed by atoms with van der Waals surface area (Å²) in [6, 6.07) is 7.36. The molecular weight excluding hydrogens is 336 g/mol. The van der Waals surface area contributed by atoms with Gasteiger partial charge in [-0.3, -0.25) is 9.48 Å². The van der Waals surface area contributed by atoms with Gasteiger partial charge in [-0.25, -0.2) is 8.78 Å². The highest BCUT2D eigenvalue weighted by molar-refractivity contribution is 6.30. The standard InChI is InChI=1S/C17H16ClF2N3O/c1-23-9-13(15(22-23)16(19)20)17(24)21-14-4-2-3-12(14)10-5-7-11(18)8-6-10/h5-9,16H,2-4H2,1H3,(H,21,24). The van der Waals surface area contributed by atoms with E-state index in [2.05, 4.69) is 10.4 Å². The van der Waals surface area contributed by atoms with Crippen molar-refractivity contribution in [2.24, 2.45) is 7.05 Å². The molecule has 0 spiro atoms. The maximum absolute atomic E-state index is 13.0. The molecule has 1 aliphatic rings. The molecule has 1 amide bonds. The van der Waals surface area contributed by atoms with E-state index in [0.717, 1.165) is 29.7 Å². The maximum atomic E-state index is 13.0. The van der Waals surface area contributed by atoms with Crippen molar-refractivity contribution in [2.45, 2.75) is 25.7 Å². The summed E-state index contributed by atoms with van der Waals surface area (Å²) in [6.45, 7) is 0. The molecule has 7 heteroatoms. The van der Waals surface area contributed by atoms with Crippen LogP contribution in [-0.4, -0.2) is 15.7 Å². The van der Waals surface area contributed by atoms with Crippen molar-refractivity contribution in [3.05, 3.63) is 58.0 Å². The fraction of sp³-hybridized carbons (Fsp3) is 0.294. The Labute approximate surface area is 143 Å². The molecule has 1 N–H and O–H groups in total. The van der Waals surface area contributed by atoms with Crippen molar-refractivity contribution in [1.82, 2.24) is 15.1 Å². The first-order valence-corrected chi connectivity index (χ1v) is 7.94. The van der Waals surface area contributed by atoms with Crippen molar-refractivity contribution in [1.29, 1.82) is 0 Å². The number of carbonyl (C=O) groups is 1. The lowest BCUT2D eigenvalue weighted by molar-refractivity contribution is 0.0950. The molecule has 24 heavy (non-hydrogen) atoms. The van der Waals surface area contributed by atoms with E-state index < -0.39 is 18.0 Å². The van der Waals surface area contributed by atoms with Crippen molar-refractivity contribution in [3.63, 3.8) is 0 Å². The summed E-state index contributed by atoms with van der Waals surface area (Å²) in [5.74, 6) is -0.554. The number of rotatable bonds is 4. The van der Waals surface area contributed by atoms with Crippen LogP contribution in [0.3, 0.4) is 0 Å². The number of nitrogens with zero attached hydrogens (tertiary/aromatic N) is 2. The lowest BCUT2D eigenvalue weighted by Crippen LogP contribution is -2.23. The van der Waals surface area contributed by atoms with Crippen LogP contribution in [0.15, 0.2) is 36.2 Å². The predicted octanol–water partition coefficient (Wildman–Crippen LogP) is 4.34. The Balaban J connectivity index is 1.88. The predicted molar refractivity (Wildman–Crippen MR) is 87.9 cm³/mol. The van der Waals surface area contributed by atoms with E-state index in [0.29, 0.717) is 11.4 Å². The van der Waals surface area contributed by atoms with E-state index in [4.69, 9.17) is 11.6 Å². The van der Waals surface area contributed by atoms with Gasteiger partial charge in [0.15, 0.2) is 0 Å². The first-order valence-electron chi connectivity index (χ1n) is 7.56. The summed E-state index contributed by atoms with van der Waals surface area (Å²) in [5, 5.41) is 7.09. The summed E-state index contributed by atoms with van der Waals surface area (Å²) >= 11 is 5.90. The van der Waals surface area contributed by atoms with Crippen LogP contribution in [0.1, 0.15) is 47.3 Å². The van der Waals surface area contributed by atoms with Gasteiger partial charge in [-0.1, -0.05) is 23.7 Å². The zero-order valence-corrected chi connectivity index (χ0v) is 13.8. The SMILES string of the molecule is Cn1cc(C(=O)NC2=C(c3ccc(Cl)cc3)CCC2)c(C(F)F)n1. The zero-order chi connectivity index (χ0) is 17.3. The number of aromatic nitrogens is 2. The molecular formula is C17H16ClF2N3O. The molecule has 0 radical (unpaired) electrons. The molecule has 2 aromatic rings. The monoisotopic (exact) mass is 351 g/mol. The normalized spacial score (nSPS) is 14.5. The van der Waals surface area contributed by atoms with Gasteiger partial charge in [-0.2, -0.15) is 5.10 Å². The van der Waals surface area contributed by atoms with Crippen LogP contribution in [0.5, 0.6) is 0 Å². The molecule has 0 saturated carbocycles. The first-order chi connectivity index (χ1) is 11.5. The second-order valence-electron chi connectivity index (χ2n) is 5.67. The largest absolute Gasteiger partial charge is 0.325 e. The molecule has 0 aliphatic heterocycles. The average Bonchev–Trinajstić information content (AvgIpc) is 3.14. The zero-order valence-electron chi connectivity index (χ0n) is 13.0. The van der Waals surface area contributed by atoms with Crippen LogP contribution in [-0.2, 0) is 7.05 Å². The van der Waals surface area contributed by atoms with Crippen LogP contribution in [0.2, 0.25) is 5.02 Å². The molecule has 0 bridgehead atoms. The lowest BCUT2D eigenvalue weighted by atomic mass is 10.0. The molecule has 0 unspecified atom stereocenters. The Morgan fingerprint density at radius 3 is 2.67 bits per heavy atom. The molecule has 126 valence electrons. The minimum Gasteiger partial charge on any atom is -0.325 e. The van der Waals surface area contributed by atoms with Gasteiger partial charge >= 0.3 is 0 Å². The molecule has 0 atom stereocenters. The number of alkyl halides is 2. The van der Waals surface area contributed by atoms with Crippen molar-refractivity contribution in [3.8, 4) is 0 Å². The average molecular weight is 352 g/mol. The number of carbonyl (C=O) groups excluding carboxylic acids is 1. The van der Waals surface area contributed by atoms with E-state index in [1.807, 2.05) is 12.1 Å². The van der Waals surface area contributed by atoms with Gasteiger partial charge in [-0.05, 0) is 42.5 Å². The number of halogens is 3. The Hall–Kier alpha value is -2.21. The Kier molecular flexibility index (Phi) is 4.66. The highest BCUT2D eigenvalue weighted by atomic mass is 35.5. The van der Waals surface area contributed by atoms with E-state index in [9.17, 15) is 13.6 Å². The summed E-state index contributed by atoms with van der Waals surface area (Å²) in [7, 11) is 1.51. The van der Waals surface area contributed by atoms with Crippen LogP contribution in [0.4, 0.5) is 8.78 Å². The third-order valence-electron chi connectivity index (χ3n) is 3.98. The van der Waals surface area contributed by atoms with Crippen molar-refractivity contribution >= 4 is 23.1 Å². The molecule has 1 aromatic heterocycles. The fourth-order valence-corrected chi connectivity index (χ4v) is 3.02. The minimum absolute atomic E-state index is 0.0950. The van der Waals surface area contributed by atoms with E-state index >= 15 is 0 Å². The van der Waals surface area contributed by atoms with Gasteiger partial charge in [0.05, 0.1) is 5.56 Å². The topological polar surface area (TPSA) is 46.9 Å². The van der Waals surface area contributed by atoms with Crippen LogP contribution >= 0.6 is 11.6 Å². The number of benzene rings is 1. The summed E-state index contributed by atoms with van der Waals surface area (Å²) < 4.78 is 27.2. The van der Waals surface area contributed by atoms with Crippen LogP contribution in [0.25, 0.3) is 5.57 Å². The van der Waals surface area contributed by atoms with Gasteiger partial charge in [-0.15, -0.1) is 0 Å². The number of amides is 1. The molecule has 1 aromatic carbocycles. The fourth-order valence-electron chi connectivity index (χ4n) is 2.90. The van der Waals surface area contributed by atoms with Gasteiger partial charge in [0, 0.05) is 24.0 Å². The lowest BCUT2D eigenvalue weighted by Gasteiger charge is -2.10. The molecule has 0 saturated heterocycles. The van der Waals surface area contributed by atoms with E-state index in [1.165, 1.54) is 17.9 Å². The third-order valence-corrected chi connectivity index (χ3v) is 4.24. The Morgan fingerprint density at radius 1 is 1.29 bits per heavy atom. The Morgan fingerprint density at radius 2 is 2.00 bits per heavy atom. The number of hydrogen-bond donors (Lipinski definition) is 1. The van der Waals surface area contributed by atoms with Gasteiger partial charge in [0.1, 0.15) is 5.69 Å². The number of allylic oxidation sites excluding steroid dienone is 2. The molecule has 1 aliphatic carbocycles. The summed E-state index contributed by atoms with van der Waals surface area (Å²) in [6.07, 6.45) is 0.955.